The highest BCUT2D eigenvalue weighted by Crippen LogP contribution is 2.49. The number of hydrogen-bond acceptors (Lipinski definition) is 7. The molecule has 4 aromatic carbocycles. The van der Waals surface area contributed by atoms with Crippen molar-refractivity contribution >= 4 is 23.1 Å². The van der Waals surface area contributed by atoms with E-state index < -0.39 is 6.04 Å². The topological polar surface area (TPSA) is 86.3 Å². The van der Waals surface area contributed by atoms with Gasteiger partial charge in [-0.3, -0.25) is 14.5 Å². The number of amides is 1. The quantitative estimate of drug-likeness (QED) is 0.238. The minimum Gasteiger partial charge on any atom is -0.497 e. The number of aryl methyl sites for hydroxylation is 1. The number of fused-ring (bicyclic) bond motifs is 1. The van der Waals surface area contributed by atoms with Crippen molar-refractivity contribution in [2.75, 3.05) is 38.7 Å². The smallest absolute Gasteiger partial charge is 0.259 e. The van der Waals surface area contributed by atoms with Crippen LogP contribution in [0.15, 0.2) is 96.2 Å². The van der Waals surface area contributed by atoms with E-state index >= 15 is 0 Å². The molecule has 1 aliphatic carbocycles. The van der Waals surface area contributed by atoms with Crippen LogP contribution in [0.25, 0.3) is 0 Å². The van der Waals surface area contributed by atoms with Gasteiger partial charge in [-0.05, 0) is 66.8 Å². The number of allylic oxidation sites excluding steroid dienone is 1. The standard InChI is InChI=1S/C37H36N2O6/c1-22-13-15-23(16-14-22)25-18-29-34(31(40)19-25)35(24-9-8-10-27(17-24)42-2)39(30-12-7-6-11-28(30)38-29)37(41)26-20-32(43-3)36(45-5)33(21-26)44-4/h6-17,20-21,25,35,38H,18-19H2,1-5H3/t25-,35+/m1/s1. The summed E-state index contributed by atoms with van der Waals surface area (Å²) in [4.78, 5) is 31.0. The molecule has 0 spiro atoms. The van der Waals surface area contributed by atoms with Crippen molar-refractivity contribution in [2.24, 2.45) is 0 Å². The minimum absolute atomic E-state index is 0.000154. The van der Waals surface area contributed by atoms with E-state index in [1.807, 2.05) is 48.5 Å². The highest BCUT2D eigenvalue weighted by atomic mass is 16.5. The van der Waals surface area contributed by atoms with E-state index in [4.69, 9.17) is 18.9 Å². The molecular weight excluding hydrogens is 568 g/mol. The molecule has 0 aromatic heterocycles. The summed E-state index contributed by atoms with van der Waals surface area (Å²) in [6.07, 6.45) is 0.942. The first kappa shape index (κ1) is 29.8. The number of Topliss-reactive ketones (excluding diaryl/α,β-unsaturated/α-hetero) is 1. The van der Waals surface area contributed by atoms with Gasteiger partial charge >= 0.3 is 0 Å². The highest BCUT2D eigenvalue weighted by molar-refractivity contribution is 6.12. The van der Waals surface area contributed by atoms with E-state index in [2.05, 4.69) is 36.5 Å². The molecule has 0 unspecified atom stereocenters. The molecule has 230 valence electrons. The second kappa shape index (κ2) is 12.4. The Hall–Kier alpha value is -5.24. The largest absolute Gasteiger partial charge is 0.497 e. The van der Waals surface area contributed by atoms with Crippen molar-refractivity contribution < 1.29 is 28.5 Å². The van der Waals surface area contributed by atoms with Gasteiger partial charge in [0.2, 0.25) is 5.75 Å². The molecular formula is C37H36N2O6. The lowest BCUT2D eigenvalue weighted by molar-refractivity contribution is -0.116. The maximum absolute atomic E-state index is 14.9. The fourth-order valence-electron chi connectivity index (χ4n) is 6.36. The number of benzene rings is 4. The number of nitrogens with zero attached hydrogens (tertiary/aromatic N) is 1. The van der Waals surface area contributed by atoms with E-state index in [0.29, 0.717) is 52.7 Å². The number of methoxy groups -OCH3 is 4. The second-order valence-electron chi connectivity index (χ2n) is 11.2. The Morgan fingerprint density at radius 3 is 2.16 bits per heavy atom. The molecule has 8 heteroatoms. The van der Waals surface area contributed by atoms with Crippen molar-refractivity contribution in [1.29, 1.82) is 0 Å². The van der Waals surface area contributed by atoms with Gasteiger partial charge in [-0.2, -0.15) is 0 Å². The average Bonchev–Trinajstić information content (AvgIpc) is 3.22. The summed E-state index contributed by atoms with van der Waals surface area (Å²) >= 11 is 0. The van der Waals surface area contributed by atoms with E-state index in [-0.39, 0.29) is 17.6 Å². The molecule has 4 aromatic rings. The summed E-state index contributed by atoms with van der Waals surface area (Å²) in [5, 5.41) is 3.60. The monoisotopic (exact) mass is 604 g/mol. The zero-order valence-corrected chi connectivity index (χ0v) is 26.0. The third-order valence-corrected chi connectivity index (χ3v) is 8.58. The van der Waals surface area contributed by atoms with Crippen LogP contribution in [0.2, 0.25) is 0 Å². The summed E-state index contributed by atoms with van der Waals surface area (Å²) < 4.78 is 22.3. The zero-order valence-electron chi connectivity index (χ0n) is 26.0. The molecule has 0 radical (unpaired) electrons. The van der Waals surface area contributed by atoms with Gasteiger partial charge in [0.05, 0.1) is 45.9 Å². The summed E-state index contributed by atoms with van der Waals surface area (Å²) in [5.41, 5.74) is 6.08. The van der Waals surface area contributed by atoms with Crippen LogP contribution in [-0.4, -0.2) is 40.1 Å². The van der Waals surface area contributed by atoms with Gasteiger partial charge in [0.15, 0.2) is 17.3 Å². The first-order valence-corrected chi connectivity index (χ1v) is 14.8. The fraction of sp³-hybridized carbons (Fsp3) is 0.243. The molecule has 6 rings (SSSR count). The fourth-order valence-corrected chi connectivity index (χ4v) is 6.36. The van der Waals surface area contributed by atoms with E-state index in [1.54, 1.807) is 24.1 Å². The number of carbonyl (C=O) groups excluding carboxylic acids is 2. The number of nitrogens with one attached hydrogen (secondary N) is 1. The van der Waals surface area contributed by atoms with Crippen LogP contribution < -0.4 is 29.2 Å². The van der Waals surface area contributed by atoms with Gasteiger partial charge in [0, 0.05) is 23.3 Å². The number of carbonyl (C=O) groups is 2. The maximum atomic E-state index is 14.9. The Kier molecular flexibility index (Phi) is 8.22. The van der Waals surface area contributed by atoms with Crippen LogP contribution in [0.4, 0.5) is 11.4 Å². The van der Waals surface area contributed by atoms with Crippen molar-refractivity contribution in [1.82, 2.24) is 0 Å². The van der Waals surface area contributed by atoms with Gasteiger partial charge in [0.1, 0.15) is 5.75 Å². The first-order chi connectivity index (χ1) is 21.9. The molecule has 0 fully saturated rings. The Morgan fingerprint density at radius 1 is 0.778 bits per heavy atom. The van der Waals surface area contributed by atoms with E-state index in [1.165, 1.54) is 26.9 Å². The van der Waals surface area contributed by atoms with Crippen LogP contribution in [0, 0.1) is 6.92 Å². The summed E-state index contributed by atoms with van der Waals surface area (Å²) in [6.45, 7) is 2.05. The first-order valence-electron chi connectivity index (χ1n) is 14.8. The Balaban J connectivity index is 1.57. The highest BCUT2D eigenvalue weighted by Gasteiger charge is 2.42. The number of ketones is 1. The number of rotatable bonds is 7. The third-order valence-electron chi connectivity index (χ3n) is 8.58. The lowest BCUT2D eigenvalue weighted by atomic mass is 9.78. The number of hydrogen-bond donors (Lipinski definition) is 1. The van der Waals surface area contributed by atoms with Crippen LogP contribution >= 0.6 is 0 Å². The van der Waals surface area contributed by atoms with Gasteiger partial charge in [-0.25, -0.2) is 0 Å². The van der Waals surface area contributed by atoms with Crippen molar-refractivity contribution in [3.8, 4) is 23.0 Å². The Bertz CT molecular complexity index is 1770. The van der Waals surface area contributed by atoms with Crippen molar-refractivity contribution in [2.45, 2.75) is 31.7 Å². The molecule has 1 heterocycles. The van der Waals surface area contributed by atoms with Gasteiger partial charge in [-0.1, -0.05) is 54.1 Å². The molecule has 0 bridgehead atoms. The summed E-state index contributed by atoms with van der Waals surface area (Å²) in [6, 6.07) is 26.1. The van der Waals surface area contributed by atoms with E-state index in [9.17, 15) is 9.59 Å². The predicted molar refractivity (Wildman–Crippen MR) is 174 cm³/mol. The van der Waals surface area contributed by atoms with Crippen LogP contribution in [0.3, 0.4) is 0 Å². The molecule has 8 nitrogen and oxygen atoms in total. The van der Waals surface area contributed by atoms with Crippen molar-refractivity contribution in [3.05, 3.63) is 118 Å². The third kappa shape index (κ3) is 5.48. The molecule has 2 atom stereocenters. The molecule has 0 saturated carbocycles. The average molecular weight is 605 g/mol. The van der Waals surface area contributed by atoms with Crippen molar-refractivity contribution in [3.63, 3.8) is 0 Å². The maximum Gasteiger partial charge on any atom is 0.259 e. The van der Waals surface area contributed by atoms with Gasteiger partial charge in [-0.15, -0.1) is 0 Å². The Labute approximate surface area is 263 Å². The predicted octanol–water partition coefficient (Wildman–Crippen LogP) is 7.24. The zero-order chi connectivity index (χ0) is 31.7. The molecule has 0 saturated heterocycles. The summed E-state index contributed by atoms with van der Waals surface area (Å²) in [7, 11) is 6.14. The van der Waals surface area contributed by atoms with Gasteiger partial charge < -0.3 is 24.3 Å². The Morgan fingerprint density at radius 2 is 1.49 bits per heavy atom. The lowest BCUT2D eigenvalue weighted by Crippen LogP contribution is -2.38. The van der Waals surface area contributed by atoms with E-state index in [0.717, 1.165) is 22.5 Å². The van der Waals surface area contributed by atoms with Crippen LogP contribution in [0.5, 0.6) is 23.0 Å². The normalized spacial score (nSPS) is 17.4. The summed E-state index contributed by atoms with van der Waals surface area (Å²) in [5.74, 6) is 1.37. The minimum atomic E-state index is -0.746. The molecule has 1 N–H and O–H groups in total. The molecule has 45 heavy (non-hydrogen) atoms. The van der Waals surface area contributed by atoms with Gasteiger partial charge in [0.25, 0.3) is 5.91 Å². The van der Waals surface area contributed by atoms with Crippen LogP contribution in [-0.2, 0) is 4.79 Å². The van der Waals surface area contributed by atoms with Crippen LogP contribution in [0.1, 0.15) is 51.8 Å². The number of ether oxygens (including phenoxy) is 4. The molecule has 1 aliphatic heterocycles. The lowest BCUT2D eigenvalue weighted by Gasteiger charge is -2.35. The number of para-hydroxylation sites is 2. The SMILES string of the molecule is COc1cccc([C@H]2C3=C(C[C@@H](c4ccc(C)cc4)CC3=O)Nc3ccccc3N2C(=O)c2cc(OC)c(OC)c(OC)c2)c1. The second-order valence-corrected chi connectivity index (χ2v) is 11.2. The molecule has 2 aliphatic rings. The molecule has 1 amide bonds. The number of anilines is 2.